The summed E-state index contributed by atoms with van der Waals surface area (Å²) in [6.07, 6.45) is 3.21. The van der Waals surface area contributed by atoms with E-state index in [0.717, 1.165) is 0 Å². The summed E-state index contributed by atoms with van der Waals surface area (Å²) in [5.74, 6) is -0.428. The quantitative estimate of drug-likeness (QED) is 0.906. The molecule has 2 aromatic rings. The highest BCUT2D eigenvalue weighted by Crippen LogP contribution is 2.14. The van der Waals surface area contributed by atoms with Gasteiger partial charge in [-0.15, -0.1) is 0 Å². The fourth-order valence-electron chi connectivity index (χ4n) is 1.66. The Morgan fingerprint density at radius 3 is 2.38 bits per heavy atom. The van der Waals surface area contributed by atoms with Crippen LogP contribution >= 0.6 is 0 Å². The van der Waals surface area contributed by atoms with Crippen LogP contribution in [0.3, 0.4) is 0 Å². The van der Waals surface area contributed by atoms with Crippen molar-refractivity contribution in [3.8, 4) is 0 Å². The smallest absolute Gasteiger partial charge is 0.255 e. The van der Waals surface area contributed by atoms with E-state index in [9.17, 15) is 9.59 Å². The average molecular weight is 283 g/mol. The van der Waals surface area contributed by atoms with Crippen LogP contribution in [0.2, 0.25) is 0 Å². The van der Waals surface area contributed by atoms with Crippen molar-refractivity contribution in [2.45, 2.75) is 13.8 Å². The van der Waals surface area contributed by atoms with Crippen molar-refractivity contribution in [2.24, 2.45) is 5.92 Å². The molecule has 2 N–H and O–H groups in total. The van der Waals surface area contributed by atoms with E-state index in [1.54, 1.807) is 48.8 Å². The molecule has 5 nitrogen and oxygen atoms in total. The molecule has 21 heavy (non-hydrogen) atoms. The van der Waals surface area contributed by atoms with E-state index in [-0.39, 0.29) is 17.7 Å². The Bertz CT molecular complexity index is 639. The summed E-state index contributed by atoms with van der Waals surface area (Å²) >= 11 is 0. The monoisotopic (exact) mass is 283 g/mol. The zero-order chi connectivity index (χ0) is 15.2. The van der Waals surface area contributed by atoms with Gasteiger partial charge in [-0.05, 0) is 30.3 Å². The van der Waals surface area contributed by atoms with Gasteiger partial charge in [0.1, 0.15) is 0 Å². The molecule has 1 aromatic heterocycles. The number of benzene rings is 1. The van der Waals surface area contributed by atoms with Gasteiger partial charge in [-0.25, -0.2) is 0 Å². The van der Waals surface area contributed by atoms with Gasteiger partial charge in [0.25, 0.3) is 5.91 Å². The molecule has 2 rings (SSSR count). The minimum atomic E-state index is -0.234. The average Bonchev–Trinajstić information content (AvgIpc) is 2.48. The van der Waals surface area contributed by atoms with Crippen LogP contribution in [0.1, 0.15) is 24.2 Å². The highest BCUT2D eigenvalue weighted by molar-refractivity contribution is 6.05. The lowest BCUT2D eigenvalue weighted by atomic mass is 10.1. The van der Waals surface area contributed by atoms with Crippen molar-refractivity contribution in [3.63, 3.8) is 0 Å². The molecule has 2 amide bonds. The number of hydrogen-bond donors (Lipinski definition) is 2. The van der Waals surface area contributed by atoms with Crippen molar-refractivity contribution in [2.75, 3.05) is 10.6 Å². The van der Waals surface area contributed by atoms with Gasteiger partial charge in [-0.3, -0.25) is 14.6 Å². The standard InChI is InChI=1S/C16H17N3O2/c1-11(2)15(20)19-14-5-3-4-12(10-14)16(21)18-13-6-8-17-9-7-13/h3-11H,1-2H3,(H,19,20)(H,17,18,21). The molecule has 0 atom stereocenters. The predicted molar refractivity (Wildman–Crippen MR) is 82.1 cm³/mol. The van der Waals surface area contributed by atoms with Gasteiger partial charge >= 0.3 is 0 Å². The Morgan fingerprint density at radius 2 is 1.71 bits per heavy atom. The van der Waals surface area contributed by atoms with E-state index in [0.29, 0.717) is 16.9 Å². The number of pyridine rings is 1. The Hall–Kier alpha value is -2.69. The largest absolute Gasteiger partial charge is 0.326 e. The maximum atomic E-state index is 12.1. The second-order valence-corrected chi connectivity index (χ2v) is 4.91. The molecule has 0 aliphatic rings. The van der Waals surface area contributed by atoms with Crippen LogP contribution in [0, 0.1) is 5.92 Å². The molecule has 0 spiro atoms. The molecule has 1 aromatic carbocycles. The van der Waals surface area contributed by atoms with Gasteiger partial charge < -0.3 is 10.6 Å². The molecule has 0 bridgehead atoms. The second kappa shape index (κ2) is 6.65. The predicted octanol–water partition coefficient (Wildman–Crippen LogP) is 2.93. The van der Waals surface area contributed by atoms with Crippen LogP contribution in [0.5, 0.6) is 0 Å². The van der Waals surface area contributed by atoms with Gasteiger partial charge in [0.2, 0.25) is 5.91 Å². The topological polar surface area (TPSA) is 71.1 Å². The van der Waals surface area contributed by atoms with E-state index >= 15 is 0 Å². The Kier molecular flexibility index (Phi) is 4.66. The minimum Gasteiger partial charge on any atom is -0.326 e. The van der Waals surface area contributed by atoms with E-state index in [1.807, 2.05) is 13.8 Å². The van der Waals surface area contributed by atoms with Gasteiger partial charge in [0.05, 0.1) is 0 Å². The van der Waals surface area contributed by atoms with E-state index in [4.69, 9.17) is 0 Å². The molecule has 0 saturated carbocycles. The number of hydrogen-bond acceptors (Lipinski definition) is 3. The van der Waals surface area contributed by atoms with Crippen molar-refractivity contribution >= 4 is 23.2 Å². The van der Waals surface area contributed by atoms with Crippen LogP contribution in [0.25, 0.3) is 0 Å². The van der Waals surface area contributed by atoms with Crippen LogP contribution in [0.4, 0.5) is 11.4 Å². The lowest BCUT2D eigenvalue weighted by molar-refractivity contribution is -0.118. The summed E-state index contributed by atoms with van der Waals surface area (Å²) in [7, 11) is 0. The molecular weight excluding hydrogens is 266 g/mol. The molecule has 1 heterocycles. The van der Waals surface area contributed by atoms with Crippen LogP contribution in [-0.2, 0) is 4.79 Å². The lowest BCUT2D eigenvalue weighted by Crippen LogP contribution is -2.18. The molecular formula is C16H17N3O2. The third kappa shape index (κ3) is 4.14. The van der Waals surface area contributed by atoms with Gasteiger partial charge in [-0.2, -0.15) is 0 Å². The van der Waals surface area contributed by atoms with Crippen molar-refractivity contribution in [1.82, 2.24) is 4.98 Å². The number of nitrogens with zero attached hydrogens (tertiary/aromatic N) is 1. The van der Waals surface area contributed by atoms with Gasteiger partial charge in [-0.1, -0.05) is 19.9 Å². The Morgan fingerprint density at radius 1 is 1.00 bits per heavy atom. The first-order valence-corrected chi connectivity index (χ1v) is 6.68. The number of aromatic nitrogens is 1. The summed E-state index contributed by atoms with van der Waals surface area (Å²) in [6.45, 7) is 3.63. The Labute approximate surface area is 123 Å². The highest BCUT2D eigenvalue weighted by atomic mass is 16.2. The summed E-state index contributed by atoms with van der Waals surface area (Å²) in [4.78, 5) is 27.7. The summed E-state index contributed by atoms with van der Waals surface area (Å²) in [5, 5.41) is 5.54. The molecule has 0 unspecified atom stereocenters. The number of anilines is 2. The summed E-state index contributed by atoms with van der Waals surface area (Å²) in [5.41, 5.74) is 1.76. The normalized spacial score (nSPS) is 10.2. The van der Waals surface area contributed by atoms with Crippen LogP contribution in [-0.4, -0.2) is 16.8 Å². The highest BCUT2D eigenvalue weighted by Gasteiger charge is 2.10. The number of amides is 2. The molecule has 108 valence electrons. The first kappa shape index (κ1) is 14.7. The molecule has 0 aliphatic heterocycles. The Balaban J connectivity index is 2.10. The molecule has 0 radical (unpaired) electrons. The number of rotatable bonds is 4. The SMILES string of the molecule is CC(C)C(=O)Nc1cccc(C(=O)Nc2ccncc2)c1. The van der Waals surface area contributed by atoms with E-state index < -0.39 is 0 Å². The van der Waals surface area contributed by atoms with E-state index in [2.05, 4.69) is 15.6 Å². The first-order valence-electron chi connectivity index (χ1n) is 6.68. The van der Waals surface area contributed by atoms with E-state index in [1.165, 1.54) is 0 Å². The zero-order valence-electron chi connectivity index (χ0n) is 12.0. The molecule has 0 fully saturated rings. The number of carbonyl (C=O) groups excluding carboxylic acids is 2. The number of nitrogens with one attached hydrogen (secondary N) is 2. The summed E-state index contributed by atoms with van der Waals surface area (Å²) < 4.78 is 0. The fraction of sp³-hybridized carbons (Fsp3) is 0.188. The maximum absolute atomic E-state index is 12.1. The third-order valence-corrected chi connectivity index (χ3v) is 2.85. The third-order valence-electron chi connectivity index (χ3n) is 2.85. The van der Waals surface area contributed by atoms with Gasteiger partial charge in [0.15, 0.2) is 0 Å². The zero-order valence-corrected chi connectivity index (χ0v) is 12.0. The van der Waals surface area contributed by atoms with Crippen molar-refractivity contribution in [1.29, 1.82) is 0 Å². The van der Waals surface area contributed by atoms with Gasteiger partial charge in [0, 0.05) is 35.2 Å². The first-order chi connectivity index (χ1) is 10.1. The lowest BCUT2D eigenvalue weighted by Gasteiger charge is -2.09. The molecule has 0 aliphatic carbocycles. The van der Waals surface area contributed by atoms with Crippen LogP contribution in [0.15, 0.2) is 48.8 Å². The fourth-order valence-corrected chi connectivity index (χ4v) is 1.66. The number of carbonyl (C=O) groups is 2. The second-order valence-electron chi connectivity index (χ2n) is 4.91. The maximum Gasteiger partial charge on any atom is 0.255 e. The minimum absolute atomic E-state index is 0.0818. The molecule has 0 saturated heterocycles. The molecule has 5 heteroatoms. The van der Waals surface area contributed by atoms with Crippen molar-refractivity contribution < 1.29 is 9.59 Å². The van der Waals surface area contributed by atoms with Crippen molar-refractivity contribution in [3.05, 3.63) is 54.4 Å². The summed E-state index contributed by atoms with van der Waals surface area (Å²) in [6, 6.07) is 10.3. The van der Waals surface area contributed by atoms with Crippen LogP contribution < -0.4 is 10.6 Å².